The van der Waals surface area contributed by atoms with Gasteiger partial charge in [-0.15, -0.1) is 0 Å². The Kier molecular flexibility index (Phi) is 3.00. The fraction of sp³-hybridized carbons (Fsp3) is 0.500. The molecule has 0 spiro atoms. The van der Waals surface area contributed by atoms with E-state index in [2.05, 4.69) is 37.0 Å². The molecular formula is C8H7Br2ClN2O. The first-order valence-corrected chi connectivity index (χ1v) is 6.39. The molecule has 2 atom stereocenters. The summed E-state index contributed by atoms with van der Waals surface area (Å²) in [6.45, 7) is 0. The Morgan fingerprint density at radius 2 is 2.07 bits per heavy atom. The van der Waals surface area contributed by atoms with E-state index >= 15 is 0 Å². The Morgan fingerprint density at radius 1 is 1.43 bits per heavy atom. The van der Waals surface area contributed by atoms with E-state index in [0.717, 1.165) is 18.4 Å². The second kappa shape index (κ2) is 3.94. The van der Waals surface area contributed by atoms with Crippen LogP contribution in [0.4, 0.5) is 0 Å². The van der Waals surface area contributed by atoms with Gasteiger partial charge in [0.1, 0.15) is 4.83 Å². The van der Waals surface area contributed by atoms with Crippen molar-refractivity contribution >= 4 is 43.5 Å². The summed E-state index contributed by atoms with van der Waals surface area (Å²) in [6.07, 6.45) is 1.91. The number of aromatic nitrogens is 2. The summed E-state index contributed by atoms with van der Waals surface area (Å²) in [5, 5.41) is 15.4. The fourth-order valence-electron chi connectivity index (χ4n) is 1.62. The van der Waals surface area contributed by atoms with Crippen LogP contribution in [0.5, 0.6) is 0 Å². The first-order chi connectivity index (χ1) is 6.59. The summed E-state index contributed by atoms with van der Waals surface area (Å²) < 4.78 is 0. The average Bonchev–Trinajstić information content (AvgIpc) is 2.10. The molecular weight excluding hydrogens is 335 g/mol. The van der Waals surface area contributed by atoms with Crippen LogP contribution in [-0.4, -0.2) is 5.10 Å². The largest absolute Gasteiger partial charge is 0.594 e. The van der Waals surface area contributed by atoms with Gasteiger partial charge in [-0.3, -0.25) is 0 Å². The maximum atomic E-state index is 11.5. The Balaban J connectivity index is 2.60. The predicted octanol–water partition coefficient (Wildman–Crippen LogP) is 3.03. The van der Waals surface area contributed by atoms with Gasteiger partial charge in [0, 0.05) is 15.5 Å². The second-order valence-corrected chi connectivity index (χ2v) is 5.79. The van der Waals surface area contributed by atoms with Crippen molar-refractivity contribution in [2.24, 2.45) is 0 Å². The number of hydrogen-bond donors (Lipinski definition) is 0. The van der Waals surface area contributed by atoms with Gasteiger partial charge in [0.05, 0.1) is 0 Å². The minimum absolute atomic E-state index is 0.0774. The molecule has 0 saturated carbocycles. The summed E-state index contributed by atoms with van der Waals surface area (Å²) in [6, 6.07) is 1.75. The standard InChI is InChI=1S/C8H7Br2ClN2O/c9-5-1-2-6(10)8-4(5)3-7(11)12-13(8)14/h3,5-6H,1-2H2/t5-,6-/m1/s1. The van der Waals surface area contributed by atoms with Crippen LogP contribution in [0, 0.1) is 5.21 Å². The van der Waals surface area contributed by atoms with Crippen molar-refractivity contribution in [3.63, 3.8) is 0 Å². The fourth-order valence-corrected chi connectivity index (χ4v) is 3.14. The molecule has 0 bridgehead atoms. The summed E-state index contributed by atoms with van der Waals surface area (Å²) in [5.74, 6) is 0. The zero-order valence-corrected chi connectivity index (χ0v) is 11.0. The first-order valence-electron chi connectivity index (χ1n) is 4.18. The molecule has 14 heavy (non-hydrogen) atoms. The third kappa shape index (κ3) is 1.77. The van der Waals surface area contributed by atoms with Crippen LogP contribution in [0.3, 0.4) is 0 Å². The van der Waals surface area contributed by atoms with E-state index < -0.39 is 0 Å². The summed E-state index contributed by atoms with van der Waals surface area (Å²) in [5.41, 5.74) is 1.61. The predicted molar refractivity (Wildman–Crippen MR) is 60.8 cm³/mol. The minimum Gasteiger partial charge on any atom is -0.594 e. The van der Waals surface area contributed by atoms with E-state index in [1.807, 2.05) is 0 Å². The van der Waals surface area contributed by atoms with Gasteiger partial charge in [-0.2, -0.15) is 0 Å². The molecule has 1 aromatic rings. The first kappa shape index (κ1) is 10.6. The minimum atomic E-state index is 0.0774. The van der Waals surface area contributed by atoms with Crippen molar-refractivity contribution in [2.45, 2.75) is 22.5 Å². The van der Waals surface area contributed by atoms with Crippen LogP contribution in [0.2, 0.25) is 5.15 Å². The van der Waals surface area contributed by atoms with Crippen molar-refractivity contribution in [3.05, 3.63) is 27.7 Å². The van der Waals surface area contributed by atoms with Crippen LogP contribution in [0.15, 0.2) is 6.07 Å². The van der Waals surface area contributed by atoms with E-state index in [1.165, 1.54) is 0 Å². The smallest absolute Gasteiger partial charge is 0.239 e. The van der Waals surface area contributed by atoms with E-state index in [0.29, 0.717) is 10.5 Å². The molecule has 0 aromatic carbocycles. The van der Waals surface area contributed by atoms with E-state index in [9.17, 15) is 5.21 Å². The number of fused-ring (bicyclic) bond motifs is 1. The normalized spacial score (nSPS) is 25.9. The lowest BCUT2D eigenvalue weighted by Crippen LogP contribution is -2.39. The summed E-state index contributed by atoms with van der Waals surface area (Å²) in [7, 11) is 0. The van der Waals surface area contributed by atoms with Crippen molar-refractivity contribution in [3.8, 4) is 0 Å². The molecule has 1 aliphatic carbocycles. The topological polar surface area (TPSA) is 39.8 Å². The SMILES string of the molecule is [O-][n+]1nc(Cl)cc2c1[C@H](Br)CC[C@H]2Br. The van der Waals surface area contributed by atoms with E-state index in [-0.39, 0.29) is 14.8 Å². The number of rotatable bonds is 0. The molecule has 2 rings (SSSR count). The highest BCUT2D eigenvalue weighted by Gasteiger charge is 2.32. The third-order valence-electron chi connectivity index (χ3n) is 2.27. The Labute approximate surface area is 103 Å². The van der Waals surface area contributed by atoms with Crippen molar-refractivity contribution < 1.29 is 4.85 Å². The highest BCUT2D eigenvalue weighted by molar-refractivity contribution is 9.09. The van der Waals surface area contributed by atoms with Crippen molar-refractivity contribution in [1.82, 2.24) is 5.10 Å². The van der Waals surface area contributed by atoms with Gasteiger partial charge < -0.3 is 5.21 Å². The van der Waals surface area contributed by atoms with Crippen LogP contribution in [0.25, 0.3) is 0 Å². The molecule has 0 saturated heterocycles. The zero-order valence-electron chi connectivity index (χ0n) is 7.08. The molecule has 3 nitrogen and oxygen atoms in total. The van der Waals surface area contributed by atoms with Gasteiger partial charge in [-0.1, -0.05) is 48.3 Å². The van der Waals surface area contributed by atoms with Crippen LogP contribution >= 0.6 is 43.5 Å². The number of halogens is 3. The lowest BCUT2D eigenvalue weighted by molar-refractivity contribution is -0.677. The number of alkyl halides is 2. The molecule has 1 aliphatic rings. The number of hydrogen-bond acceptors (Lipinski definition) is 2. The number of nitrogens with zero attached hydrogens (tertiary/aromatic N) is 2. The Morgan fingerprint density at radius 3 is 2.79 bits per heavy atom. The van der Waals surface area contributed by atoms with E-state index in [1.54, 1.807) is 6.07 Å². The average molecular weight is 342 g/mol. The van der Waals surface area contributed by atoms with Gasteiger partial charge in [-0.25, -0.2) is 0 Å². The summed E-state index contributed by atoms with van der Waals surface area (Å²) >= 11 is 12.7. The third-order valence-corrected chi connectivity index (χ3v) is 4.30. The molecule has 1 heterocycles. The van der Waals surface area contributed by atoms with Gasteiger partial charge in [0.25, 0.3) is 0 Å². The van der Waals surface area contributed by atoms with Gasteiger partial charge in [0.2, 0.25) is 5.69 Å². The second-order valence-electron chi connectivity index (χ2n) is 3.19. The molecule has 0 aliphatic heterocycles. The lowest BCUT2D eigenvalue weighted by Gasteiger charge is -2.21. The Hall–Kier alpha value is 0.130. The zero-order chi connectivity index (χ0) is 10.3. The molecule has 76 valence electrons. The molecule has 0 radical (unpaired) electrons. The van der Waals surface area contributed by atoms with Gasteiger partial charge in [0.15, 0.2) is 5.15 Å². The molecule has 0 amide bonds. The maximum absolute atomic E-state index is 11.5. The molecule has 0 fully saturated rings. The highest BCUT2D eigenvalue weighted by atomic mass is 79.9. The van der Waals surface area contributed by atoms with Gasteiger partial charge in [-0.05, 0) is 18.9 Å². The molecule has 0 unspecified atom stereocenters. The van der Waals surface area contributed by atoms with Crippen LogP contribution in [0.1, 0.15) is 33.8 Å². The monoisotopic (exact) mass is 340 g/mol. The van der Waals surface area contributed by atoms with Crippen LogP contribution in [-0.2, 0) is 0 Å². The maximum Gasteiger partial charge on any atom is 0.239 e. The quantitative estimate of drug-likeness (QED) is 0.413. The lowest BCUT2D eigenvalue weighted by atomic mass is 9.97. The van der Waals surface area contributed by atoms with Gasteiger partial charge >= 0.3 is 0 Å². The summed E-state index contributed by atoms with van der Waals surface area (Å²) in [4.78, 5) is 0.894. The highest BCUT2D eigenvalue weighted by Crippen LogP contribution is 2.43. The van der Waals surface area contributed by atoms with E-state index in [4.69, 9.17) is 11.6 Å². The molecule has 1 aromatic heterocycles. The Bertz CT molecular complexity index is 375. The molecule has 0 N–H and O–H groups in total. The van der Waals surface area contributed by atoms with Crippen LogP contribution < -0.4 is 4.85 Å². The molecule has 6 heteroatoms. The van der Waals surface area contributed by atoms with Crippen molar-refractivity contribution in [2.75, 3.05) is 0 Å². The van der Waals surface area contributed by atoms with Crippen molar-refractivity contribution in [1.29, 1.82) is 0 Å².